The van der Waals surface area contributed by atoms with Gasteiger partial charge in [-0.25, -0.2) is 0 Å². The third kappa shape index (κ3) is 21.5. The Morgan fingerprint density at radius 3 is 1.59 bits per heavy atom. The highest BCUT2D eigenvalue weighted by molar-refractivity contribution is 5.70. The largest absolute Gasteiger partial charge is 0.463 e. The van der Waals surface area contributed by atoms with Crippen molar-refractivity contribution in [1.82, 2.24) is 6.15 Å². The van der Waals surface area contributed by atoms with Gasteiger partial charge in [-0.15, -0.1) is 0 Å². The summed E-state index contributed by atoms with van der Waals surface area (Å²) in [5.41, 5.74) is 0.00364. The van der Waals surface area contributed by atoms with Gasteiger partial charge in [0.15, 0.2) is 0 Å². The molecule has 0 spiro atoms. The minimum atomic E-state index is -0.186. The van der Waals surface area contributed by atoms with Gasteiger partial charge in [0.05, 0.1) is 13.0 Å². The number of ether oxygens (including phenoxy) is 1. The second kappa shape index (κ2) is 20.1. The second-order valence-electron chi connectivity index (χ2n) is 8.63. The van der Waals surface area contributed by atoms with Crippen LogP contribution in [-0.2, 0) is 9.53 Å². The highest BCUT2D eigenvalue weighted by Crippen LogP contribution is 2.28. The highest BCUT2D eigenvalue weighted by atomic mass is 16.5. The minimum Gasteiger partial charge on any atom is -0.463 e. The number of aliphatic hydroxyl groups is 1. The van der Waals surface area contributed by atoms with Crippen molar-refractivity contribution >= 4 is 5.97 Å². The van der Waals surface area contributed by atoms with Crippen molar-refractivity contribution in [2.24, 2.45) is 5.41 Å². The molecule has 0 aromatic rings. The van der Waals surface area contributed by atoms with E-state index < -0.39 is 0 Å². The molecule has 0 saturated heterocycles. The average Bonchev–Trinajstić information content (AvgIpc) is 2.59. The molecule has 0 aromatic carbocycles. The fourth-order valence-electron chi connectivity index (χ4n) is 3.49. The van der Waals surface area contributed by atoms with E-state index >= 15 is 0 Å². The van der Waals surface area contributed by atoms with Crippen molar-refractivity contribution in [3.05, 3.63) is 0 Å². The van der Waals surface area contributed by atoms with Crippen LogP contribution in [0.15, 0.2) is 0 Å². The normalized spacial score (nSPS) is 11.3. The third-order valence-electron chi connectivity index (χ3n) is 5.18. The maximum absolute atomic E-state index is 11.6. The summed E-state index contributed by atoms with van der Waals surface area (Å²) in [6.45, 7) is 6.57. The molecule has 4 nitrogen and oxygen atoms in total. The third-order valence-corrected chi connectivity index (χ3v) is 5.18. The fraction of sp³-hybridized carbons (Fsp3) is 0.957. The number of esters is 1. The molecule has 0 saturated carbocycles. The summed E-state index contributed by atoms with van der Waals surface area (Å²) in [4.78, 5) is 11.6. The molecule has 0 aliphatic rings. The number of carbonyl (C=O) groups is 1. The zero-order valence-electron chi connectivity index (χ0n) is 18.7. The molecule has 0 unspecified atom stereocenters. The van der Waals surface area contributed by atoms with E-state index in [0.29, 0.717) is 6.42 Å². The number of carbonyl (C=O) groups excluding carboxylic acids is 1. The molecule has 0 aliphatic heterocycles. The van der Waals surface area contributed by atoms with Crippen LogP contribution < -0.4 is 6.15 Å². The Hall–Kier alpha value is -0.610. The Kier molecular flexibility index (Phi) is 21.3. The van der Waals surface area contributed by atoms with Gasteiger partial charge < -0.3 is 16.0 Å². The van der Waals surface area contributed by atoms with Crippen LogP contribution in [0.1, 0.15) is 124 Å². The number of aliphatic hydroxyl groups excluding tert-OH is 1. The van der Waals surface area contributed by atoms with Crippen molar-refractivity contribution in [3.63, 3.8) is 0 Å². The molecular formula is C23H49NO3. The monoisotopic (exact) mass is 387 g/mol. The maximum atomic E-state index is 11.6. The van der Waals surface area contributed by atoms with E-state index in [1.165, 1.54) is 89.9 Å². The van der Waals surface area contributed by atoms with Crippen LogP contribution in [0, 0.1) is 5.41 Å². The van der Waals surface area contributed by atoms with E-state index in [4.69, 9.17) is 9.84 Å². The van der Waals surface area contributed by atoms with Crippen LogP contribution in [0.3, 0.4) is 0 Å². The van der Waals surface area contributed by atoms with Crippen LogP contribution in [-0.4, -0.2) is 24.3 Å². The molecule has 164 valence electrons. The van der Waals surface area contributed by atoms with E-state index in [-0.39, 0.29) is 30.7 Å². The predicted octanol–water partition coefficient (Wildman–Crippen LogP) is 6.97. The molecule has 0 bridgehead atoms. The van der Waals surface area contributed by atoms with Gasteiger partial charge in [-0.05, 0) is 11.8 Å². The molecule has 0 aliphatic carbocycles. The first-order valence-corrected chi connectivity index (χ1v) is 11.3. The lowest BCUT2D eigenvalue weighted by molar-refractivity contribution is -0.147. The lowest BCUT2D eigenvalue weighted by atomic mass is 9.83. The first-order chi connectivity index (χ1) is 12.5. The van der Waals surface area contributed by atoms with Crippen LogP contribution in [0.5, 0.6) is 0 Å². The summed E-state index contributed by atoms with van der Waals surface area (Å²) in [6, 6.07) is 0. The van der Waals surface area contributed by atoms with Crippen molar-refractivity contribution in [2.75, 3.05) is 13.2 Å². The van der Waals surface area contributed by atoms with Gasteiger partial charge in [-0.3, -0.25) is 4.79 Å². The molecule has 27 heavy (non-hydrogen) atoms. The molecule has 0 rings (SSSR count). The first-order valence-electron chi connectivity index (χ1n) is 11.3. The van der Waals surface area contributed by atoms with Gasteiger partial charge in [0.25, 0.3) is 0 Å². The Labute approximate surface area is 169 Å². The number of rotatable bonds is 19. The Balaban J connectivity index is 0. The molecular weight excluding hydrogens is 338 g/mol. The van der Waals surface area contributed by atoms with Crippen LogP contribution in [0.4, 0.5) is 0 Å². The lowest BCUT2D eigenvalue weighted by Crippen LogP contribution is -2.20. The SMILES string of the molecule is CCCCCCCCCCCCCCCCC(C)(C)CC(=O)OCCO.N. The van der Waals surface area contributed by atoms with Gasteiger partial charge in [0.2, 0.25) is 0 Å². The molecule has 0 atom stereocenters. The Bertz CT molecular complexity index is 319. The maximum Gasteiger partial charge on any atom is 0.306 e. The summed E-state index contributed by atoms with van der Waals surface area (Å²) in [6.07, 6.45) is 20.8. The quantitative estimate of drug-likeness (QED) is 0.185. The fourth-order valence-corrected chi connectivity index (χ4v) is 3.49. The van der Waals surface area contributed by atoms with Crippen LogP contribution in [0.2, 0.25) is 0 Å². The zero-order chi connectivity index (χ0) is 19.5. The predicted molar refractivity (Wildman–Crippen MR) is 116 cm³/mol. The van der Waals surface area contributed by atoms with E-state index in [0.717, 1.165) is 6.42 Å². The Morgan fingerprint density at radius 1 is 0.778 bits per heavy atom. The summed E-state index contributed by atoms with van der Waals surface area (Å²) < 4.78 is 4.96. The van der Waals surface area contributed by atoms with Gasteiger partial charge in [-0.2, -0.15) is 0 Å². The number of hydrogen-bond donors (Lipinski definition) is 2. The highest BCUT2D eigenvalue weighted by Gasteiger charge is 2.22. The summed E-state index contributed by atoms with van der Waals surface area (Å²) in [5.74, 6) is -0.186. The summed E-state index contributed by atoms with van der Waals surface area (Å²) in [7, 11) is 0. The minimum absolute atomic E-state index is 0. The standard InChI is InChI=1S/C23H46O3.H3N/c1-4-5-6-7-8-9-10-11-12-13-14-15-16-17-18-23(2,3)21-22(25)26-20-19-24;/h24H,4-21H2,1-3H3;1H3. The molecule has 0 fully saturated rings. The van der Waals surface area contributed by atoms with Gasteiger partial charge in [-0.1, -0.05) is 111 Å². The van der Waals surface area contributed by atoms with E-state index in [1.807, 2.05) is 0 Å². The molecule has 0 radical (unpaired) electrons. The molecule has 4 heteroatoms. The summed E-state index contributed by atoms with van der Waals surface area (Å²) >= 11 is 0. The van der Waals surface area contributed by atoms with Crippen LogP contribution >= 0.6 is 0 Å². The van der Waals surface area contributed by atoms with Gasteiger partial charge in [0.1, 0.15) is 6.61 Å². The van der Waals surface area contributed by atoms with Crippen molar-refractivity contribution in [3.8, 4) is 0 Å². The van der Waals surface area contributed by atoms with Crippen LogP contribution in [0.25, 0.3) is 0 Å². The molecule has 0 aromatic heterocycles. The zero-order valence-corrected chi connectivity index (χ0v) is 18.7. The molecule has 0 heterocycles. The smallest absolute Gasteiger partial charge is 0.306 e. The van der Waals surface area contributed by atoms with Crippen molar-refractivity contribution < 1.29 is 14.6 Å². The molecule has 0 amide bonds. The van der Waals surface area contributed by atoms with Crippen molar-refractivity contribution in [2.45, 2.75) is 124 Å². The first kappa shape index (κ1) is 28.6. The summed E-state index contributed by atoms with van der Waals surface area (Å²) in [5, 5.41) is 8.68. The topological polar surface area (TPSA) is 81.5 Å². The number of unbranched alkanes of at least 4 members (excludes halogenated alkanes) is 13. The Morgan fingerprint density at radius 2 is 1.19 bits per heavy atom. The number of hydrogen-bond acceptors (Lipinski definition) is 4. The lowest BCUT2D eigenvalue weighted by Gasteiger charge is -2.23. The van der Waals surface area contributed by atoms with Gasteiger partial charge in [0, 0.05) is 0 Å². The van der Waals surface area contributed by atoms with Gasteiger partial charge >= 0.3 is 5.97 Å². The van der Waals surface area contributed by atoms with E-state index in [2.05, 4.69) is 20.8 Å². The average molecular weight is 388 g/mol. The van der Waals surface area contributed by atoms with E-state index in [1.54, 1.807) is 0 Å². The van der Waals surface area contributed by atoms with E-state index in [9.17, 15) is 4.79 Å². The second-order valence-corrected chi connectivity index (χ2v) is 8.63. The molecule has 4 N–H and O–H groups in total. The van der Waals surface area contributed by atoms with Crippen molar-refractivity contribution in [1.29, 1.82) is 0 Å².